The van der Waals surface area contributed by atoms with Crippen molar-refractivity contribution < 1.29 is 14.4 Å². The average molecular weight is 537 g/mol. The van der Waals surface area contributed by atoms with E-state index in [0.717, 1.165) is 49.5 Å². The predicted octanol–water partition coefficient (Wildman–Crippen LogP) is 5.32. The largest absolute Gasteiger partial charge is 0.328 e. The second-order valence-corrected chi connectivity index (χ2v) is 11.6. The van der Waals surface area contributed by atoms with Crippen LogP contribution in [-0.2, 0) is 16.1 Å². The highest BCUT2D eigenvalue weighted by Crippen LogP contribution is 2.34. The van der Waals surface area contributed by atoms with E-state index in [4.69, 9.17) is 11.6 Å². The maximum Gasteiger partial charge on any atom is 0.248 e. The van der Waals surface area contributed by atoms with Crippen LogP contribution in [-0.4, -0.2) is 57.6 Å². The number of carbonyl (C=O) groups is 3. The summed E-state index contributed by atoms with van der Waals surface area (Å²) in [6, 6.07) is 9.15. The van der Waals surface area contributed by atoms with Gasteiger partial charge in [-0.15, -0.1) is 0 Å². The number of benzene rings is 1. The molecule has 202 valence electrons. The topological polar surface area (TPSA) is 82.6 Å². The molecule has 5 rings (SSSR count). The van der Waals surface area contributed by atoms with Gasteiger partial charge in [-0.2, -0.15) is 0 Å². The minimum Gasteiger partial charge on any atom is -0.328 e. The molecular weight excluding hydrogens is 500 g/mol. The van der Waals surface area contributed by atoms with Gasteiger partial charge in [0.25, 0.3) is 0 Å². The molecule has 0 unspecified atom stereocenters. The summed E-state index contributed by atoms with van der Waals surface area (Å²) in [7, 11) is 0. The predicted molar refractivity (Wildman–Crippen MR) is 148 cm³/mol. The fourth-order valence-corrected chi connectivity index (χ4v) is 5.94. The second kappa shape index (κ2) is 11.5. The lowest BCUT2D eigenvalue weighted by Crippen LogP contribution is -2.51. The van der Waals surface area contributed by atoms with Gasteiger partial charge < -0.3 is 10.2 Å². The van der Waals surface area contributed by atoms with E-state index in [1.807, 2.05) is 24.8 Å². The summed E-state index contributed by atoms with van der Waals surface area (Å²) in [5, 5.41) is 3.70. The lowest BCUT2D eigenvalue weighted by molar-refractivity contribution is -0.136. The number of aryl methyl sites for hydroxylation is 2. The number of Topliss-reactive ketones (excluding diaryl/α,β-unsaturated/α-hetero) is 1. The molecule has 1 saturated carbocycles. The fourth-order valence-electron chi connectivity index (χ4n) is 5.83. The average Bonchev–Trinajstić information content (AvgIpc) is 3.64. The van der Waals surface area contributed by atoms with E-state index >= 15 is 0 Å². The van der Waals surface area contributed by atoms with Crippen LogP contribution in [0.3, 0.4) is 0 Å². The van der Waals surface area contributed by atoms with Crippen LogP contribution in [0.5, 0.6) is 0 Å². The number of rotatable bonds is 9. The Kier molecular flexibility index (Phi) is 8.15. The highest BCUT2D eigenvalue weighted by atomic mass is 35.5. The zero-order chi connectivity index (χ0) is 26.8. The number of hydrogen-bond donors (Lipinski definition) is 1. The van der Waals surface area contributed by atoms with E-state index in [1.54, 1.807) is 12.1 Å². The lowest BCUT2D eigenvalue weighted by atomic mass is 10.0. The number of carbonyl (C=O) groups excluding carboxylic acids is 3. The van der Waals surface area contributed by atoms with E-state index in [2.05, 4.69) is 27.3 Å². The molecule has 7 nitrogen and oxygen atoms in total. The van der Waals surface area contributed by atoms with Gasteiger partial charge in [-0.3, -0.25) is 19.3 Å². The number of piperidine rings is 1. The molecule has 0 radical (unpaired) electrons. The van der Waals surface area contributed by atoms with Crippen molar-refractivity contribution in [3.05, 3.63) is 57.7 Å². The molecular formula is C30H37ClN4O3. The van der Waals surface area contributed by atoms with Crippen LogP contribution in [0.4, 0.5) is 5.82 Å². The third kappa shape index (κ3) is 6.44. The molecule has 1 aromatic carbocycles. The Bertz CT molecular complexity index is 1220. The van der Waals surface area contributed by atoms with Crippen LogP contribution in [0.1, 0.15) is 78.5 Å². The Labute approximate surface area is 229 Å². The normalized spacial score (nSPS) is 20.7. The van der Waals surface area contributed by atoms with Crippen molar-refractivity contribution in [1.29, 1.82) is 0 Å². The van der Waals surface area contributed by atoms with Crippen LogP contribution in [0.25, 0.3) is 0 Å². The van der Waals surface area contributed by atoms with E-state index in [-0.39, 0.29) is 23.6 Å². The zero-order valence-electron chi connectivity index (χ0n) is 22.3. The summed E-state index contributed by atoms with van der Waals surface area (Å²) in [5.41, 5.74) is 3.60. The molecule has 1 N–H and O–H groups in total. The van der Waals surface area contributed by atoms with Crippen molar-refractivity contribution >= 4 is 35.0 Å². The molecule has 1 aromatic heterocycles. The summed E-state index contributed by atoms with van der Waals surface area (Å²) < 4.78 is 0. The van der Waals surface area contributed by atoms with Crippen LogP contribution in [0.2, 0.25) is 5.02 Å². The van der Waals surface area contributed by atoms with Crippen molar-refractivity contribution in [3.8, 4) is 0 Å². The zero-order valence-corrected chi connectivity index (χ0v) is 23.1. The first-order valence-electron chi connectivity index (χ1n) is 13.9. The number of halogens is 1. The number of pyridine rings is 1. The van der Waals surface area contributed by atoms with Gasteiger partial charge in [-0.25, -0.2) is 4.98 Å². The first-order valence-corrected chi connectivity index (χ1v) is 14.3. The van der Waals surface area contributed by atoms with Gasteiger partial charge >= 0.3 is 0 Å². The van der Waals surface area contributed by atoms with Crippen molar-refractivity contribution in [2.75, 3.05) is 18.4 Å². The number of nitrogens with zero attached hydrogens (tertiary/aromatic N) is 3. The van der Waals surface area contributed by atoms with Gasteiger partial charge in [0, 0.05) is 54.8 Å². The molecule has 38 heavy (non-hydrogen) atoms. The Morgan fingerprint density at radius 1 is 1.05 bits per heavy atom. The summed E-state index contributed by atoms with van der Waals surface area (Å²) in [5.74, 6) is 1.00. The Hall–Kier alpha value is -2.77. The monoisotopic (exact) mass is 536 g/mol. The van der Waals surface area contributed by atoms with Gasteiger partial charge in [-0.05, 0) is 74.8 Å². The third-order valence-corrected chi connectivity index (χ3v) is 8.56. The number of nitrogens with one attached hydrogen (secondary N) is 1. The van der Waals surface area contributed by atoms with Crippen LogP contribution in [0.15, 0.2) is 30.3 Å². The van der Waals surface area contributed by atoms with E-state index < -0.39 is 6.04 Å². The Morgan fingerprint density at radius 3 is 2.53 bits per heavy atom. The maximum atomic E-state index is 13.3. The van der Waals surface area contributed by atoms with Gasteiger partial charge in [0.2, 0.25) is 11.8 Å². The summed E-state index contributed by atoms with van der Waals surface area (Å²) in [6.07, 6.45) is 6.47. The maximum absolute atomic E-state index is 13.3. The standard InChI is InChI=1S/C30H37ClN4O3/c1-19-15-22(5-7-25(19)31)18-34-13-11-24(12-14-34)35-26(8-10-29(35)37)30(38)33-28-17-23(16-20(2)32-28)27(36)9-6-21-3-4-21/h5,7,15-17,21,24,26H,3-4,6,8-14,18H2,1-2H3,(H,32,33,38)/t26-/m1/s1. The van der Waals surface area contributed by atoms with Gasteiger partial charge in [-0.1, -0.05) is 36.6 Å². The number of ketones is 1. The summed E-state index contributed by atoms with van der Waals surface area (Å²) >= 11 is 6.17. The molecule has 1 aliphatic carbocycles. The number of hydrogen-bond acceptors (Lipinski definition) is 5. The lowest BCUT2D eigenvalue weighted by Gasteiger charge is -2.39. The second-order valence-electron chi connectivity index (χ2n) is 11.2. The molecule has 2 saturated heterocycles. The number of anilines is 1. The van der Waals surface area contributed by atoms with E-state index in [1.165, 1.54) is 18.4 Å². The van der Waals surface area contributed by atoms with Crippen molar-refractivity contribution in [3.63, 3.8) is 0 Å². The van der Waals surface area contributed by atoms with E-state index in [9.17, 15) is 14.4 Å². The SMILES string of the molecule is Cc1cc(C(=O)CCC2CC2)cc(NC(=O)[C@H]2CCC(=O)N2C2CCN(Cc3ccc(Cl)c(C)c3)CC2)n1. The van der Waals surface area contributed by atoms with Crippen LogP contribution < -0.4 is 5.32 Å². The molecule has 1 atom stereocenters. The minimum absolute atomic E-state index is 0.0464. The third-order valence-electron chi connectivity index (χ3n) is 8.14. The first-order chi connectivity index (χ1) is 18.3. The fraction of sp³-hybridized carbons (Fsp3) is 0.533. The molecule has 8 heteroatoms. The molecule has 2 aromatic rings. The van der Waals surface area contributed by atoms with Crippen molar-refractivity contribution in [2.24, 2.45) is 5.92 Å². The number of aromatic nitrogens is 1. The van der Waals surface area contributed by atoms with Gasteiger partial charge in [0.1, 0.15) is 11.9 Å². The molecule has 3 heterocycles. The van der Waals surface area contributed by atoms with Crippen LogP contribution >= 0.6 is 11.6 Å². The number of amides is 2. The summed E-state index contributed by atoms with van der Waals surface area (Å²) in [4.78, 5) is 47.6. The van der Waals surface area contributed by atoms with Crippen LogP contribution in [0, 0.1) is 19.8 Å². The molecule has 2 amide bonds. The Morgan fingerprint density at radius 2 is 1.82 bits per heavy atom. The highest BCUT2D eigenvalue weighted by Gasteiger charge is 2.41. The smallest absolute Gasteiger partial charge is 0.248 e. The molecule has 0 spiro atoms. The van der Waals surface area contributed by atoms with Crippen molar-refractivity contribution in [2.45, 2.75) is 83.8 Å². The van der Waals surface area contributed by atoms with Gasteiger partial charge in [0.15, 0.2) is 5.78 Å². The molecule has 2 aliphatic heterocycles. The molecule has 3 fully saturated rings. The quantitative estimate of drug-likeness (QED) is 0.439. The highest BCUT2D eigenvalue weighted by molar-refractivity contribution is 6.31. The molecule has 0 bridgehead atoms. The van der Waals surface area contributed by atoms with Crippen molar-refractivity contribution in [1.82, 2.24) is 14.8 Å². The Balaban J connectivity index is 1.19. The van der Waals surface area contributed by atoms with E-state index in [0.29, 0.717) is 42.3 Å². The van der Waals surface area contributed by atoms with Gasteiger partial charge in [0.05, 0.1) is 0 Å². The minimum atomic E-state index is -0.505. The summed E-state index contributed by atoms with van der Waals surface area (Å²) in [6.45, 7) is 6.44. The number of likely N-dealkylation sites (tertiary alicyclic amines) is 2. The molecule has 3 aliphatic rings. The first kappa shape index (κ1) is 26.8.